The molecule has 2 N–H and O–H groups in total. The molecule has 2 aromatic rings. The fraction of sp³-hybridized carbons (Fsp3) is 0.0714. The van der Waals surface area contributed by atoms with E-state index in [4.69, 9.17) is 5.11 Å². The lowest BCUT2D eigenvalue weighted by Crippen LogP contribution is -2.06. The van der Waals surface area contributed by atoms with Gasteiger partial charge in [0.2, 0.25) is 0 Å². The first-order valence-corrected chi connectivity index (χ1v) is 5.94. The normalized spacial score (nSPS) is 10.2. The Labute approximate surface area is 119 Å². The van der Waals surface area contributed by atoms with Crippen LogP contribution in [0, 0.1) is 22.9 Å². The average molecular weight is 290 g/mol. The van der Waals surface area contributed by atoms with Crippen LogP contribution in [0.3, 0.4) is 0 Å². The van der Waals surface area contributed by atoms with Crippen LogP contribution in [0.2, 0.25) is 0 Å². The topological polar surface area (TPSA) is 92.5 Å². The molecule has 0 bridgehead atoms. The van der Waals surface area contributed by atoms with Gasteiger partial charge in [0.25, 0.3) is 0 Å². The number of nitrogens with zero attached hydrogens (tertiary/aromatic N) is 1. The number of aromatic carboxylic acids is 1. The van der Waals surface area contributed by atoms with Crippen molar-refractivity contribution in [1.29, 1.82) is 0 Å². The first-order valence-electron chi connectivity index (χ1n) is 5.94. The van der Waals surface area contributed by atoms with Crippen LogP contribution in [0.1, 0.15) is 15.9 Å². The van der Waals surface area contributed by atoms with Gasteiger partial charge >= 0.3 is 11.7 Å². The minimum Gasteiger partial charge on any atom is -0.477 e. The predicted molar refractivity (Wildman–Crippen MR) is 74.5 cm³/mol. The van der Waals surface area contributed by atoms with Crippen molar-refractivity contribution in [3.8, 4) is 0 Å². The van der Waals surface area contributed by atoms with Crippen LogP contribution in [0.15, 0.2) is 36.4 Å². The lowest BCUT2D eigenvalue weighted by atomic mass is 10.1. The van der Waals surface area contributed by atoms with Gasteiger partial charge < -0.3 is 10.4 Å². The summed E-state index contributed by atoms with van der Waals surface area (Å²) in [5.41, 5.74) is 0.0974. The fourth-order valence-electron chi connectivity index (χ4n) is 1.93. The van der Waals surface area contributed by atoms with E-state index in [2.05, 4.69) is 5.32 Å². The summed E-state index contributed by atoms with van der Waals surface area (Å²) < 4.78 is 13.1. The number of hydrogen-bond acceptors (Lipinski definition) is 4. The van der Waals surface area contributed by atoms with Gasteiger partial charge in [0.15, 0.2) is 0 Å². The largest absolute Gasteiger partial charge is 0.477 e. The molecule has 0 aliphatic heterocycles. The number of nitrogens with one attached hydrogen (secondary N) is 1. The molecule has 6 nitrogen and oxygen atoms in total. The maximum absolute atomic E-state index is 13.1. The second kappa shape index (κ2) is 5.58. The smallest absolute Gasteiger partial charge is 0.342 e. The van der Waals surface area contributed by atoms with Crippen molar-refractivity contribution in [3.63, 3.8) is 0 Å². The first kappa shape index (κ1) is 14.4. The van der Waals surface area contributed by atoms with Gasteiger partial charge in [-0.1, -0.05) is 6.07 Å². The molecule has 0 amide bonds. The summed E-state index contributed by atoms with van der Waals surface area (Å²) in [5.74, 6) is -1.81. The number of nitro groups is 1. The van der Waals surface area contributed by atoms with Gasteiger partial charge in [0.05, 0.1) is 4.92 Å². The summed E-state index contributed by atoms with van der Waals surface area (Å²) in [6.07, 6.45) is 0. The van der Waals surface area contributed by atoms with Crippen LogP contribution in [0.25, 0.3) is 0 Å². The van der Waals surface area contributed by atoms with E-state index in [1.165, 1.54) is 30.3 Å². The summed E-state index contributed by atoms with van der Waals surface area (Å²) in [6.45, 7) is 1.64. The molecular formula is C14H11FN2O4. The first-order chi connectivity index (χ1) is 9.90. The minimum atomic E-state index is -1.39. The summed E-state index contributed by atoms with van der Waals surface area (Å²) in [6, 6.07) is 7.87. The van der Waals surface area contributed by atoms with E-state index < -0.39 is 28.0 Å². The van der Waals surface area contributed by atoms with E-state index in [1.807, 2.05) is 0 Å². The lowest BCUT2D eigenvalue weighted by Gasteiger charge is -2.11. The van der Waals surface area contributed by atoms with E-state index in [0.29, 0.717) is 11.3 Å². The summed E-state index contributed by atoms with van der Waals surface area (Å²) in [4.78, 5) is 21.4. The molecule has 2 aromatic carbocycles. The molecule has 0 atom stereocenters. The van der Waals surface area contributed by atoms with Crippen molar-refractivity contribution >= 4 is 23.0 Å². The summed E-state index contributed by atoms with van der Waals surface area (Å²) in [5, 5.41) is 22.9. The highest BCUT2D eigenvalue weighted by Crippen LogP contribution is 2.32. The van der Waals surface area contributed by atoms with Gasteiger partial charge in [-0.3, -0.25) is 10.1 Å². The summed E-state index contributed by atoms with van der Waals surface area (Å²) >= 11 is 0. The van der Waals surface area contributed by atoms with E-state index in [0.717, 1.165) is 6.07 Å². The SMILES string of the molecule is Cc1cc(F)ccc1Nc1cccc(C(=O)O)c1[N+](=O)[O-]. The zero-order chi connectivity index (χ0) is 15.6. The monoisotopic (exact) mass is 290 g/mol. The molecular weight excluding hydrogens is 279 g/mol. The second-order valence-corrected chi connectivity index (χ2v) is 4.35. The second-order valence-electron chi connectivity index (χ2n) is 4.35. The highest BCUT2D eigenvalue weighted by atomic mass is 19.1. The quantitative estimate of drug-likeness (QED) is 0.664. The van der Waals surface area contributed by atoms with Gasteiger partial charge in [0, 0.05) is 5.69 Å². The van der Waals surface area contributed by atoms with E-state index >= 15 is 0 Å². The Morgan fingerprint density at radius 1 is 1.29 bits per heavy atom. The molecule has 108 valence electrons. The number of aryl methyl sites for hydroxylation is 1. The van der Waals surface area contributed by atoms with Crippen molar-refractivity contribution in [1.82, 2.24) is 0 Å². The van der Waals surface area contributed by atoms with Crippen LogP contribution < -0.4 is 5.32 Å². The Kier molecular flexibility index (Phi) is 3.84. The number of carbonyl (C=O) groups is 1. The van der Waals surface area contributed by atoms with Gasteiger partial charge in [0.1, 0.15) is 17.1 Å². The van der Waals surface area contributed by atoms with Crippen molar-refractivity contribution in [2.45, 2.75) is 6.92 Å². The Hall–Kier alpha value is -2.96. The molecule has 7 heteroatoms. The Morgan fingerprint density at radius 3 is 2.57 bits per heavy atom. The maximum atomic E-state index is 13.1. The van der Waals surface area contributed by atoms with Crippen LogP contribution >= 0.6 is 0 Å². The van der Waals surface area contributed by atoms with Crippen LogP contribution in [0.5, 0.6) is 0 Å². The molecule has 0 heterocycles. The highest BCUT2D eigenvalue weighted by Gasteiger charge is 2.24. The molecule has 0 saturated carbocycles. The van der Waals surface area contributed by atoms with Gasteiger partial charge in [-0.2, -0.15) is 0 Å². The fourth-order valence-corrected chi connectivity index (χ4v) is 1.93. The third-order valence-corrected chi connectivity index (χ3v) is 2.91. The zero-order valence-electron chi connectivity index (χ0n) is 11.0. The lowest BCUT2D eigenvalue weighted by molar-refractivity contribution is -0.384. The van der Waals surface area contributed by atoms with Gasteiger partial charge in [-0.15, -0.1) is 0 Å². The number of benzene rings is 2. The third kappa shape index (κ3) is 2.97. The average Bonchev–Trinajstić information content (AvgIpc) is 2.41. The maximum Gasteiger partial charge on any atom is 0.342 e. The molecule has 21 heavy (non-hydrogen) atoms. The molecule has 0 unspecified atom stereocenters. The van der Waals surface area contributed by atoms with Crippen molar-refractivity contribution < 1.29 is 19.2 Å². The van der Waals surface area contributed by atoms with Crippen molar-refractivity contribution in [3.05, 3.63) is 63.5 Å². The zero-order valence-corrected chi connectivity index (χ0v) is 11.0. The molecule has 2 rings (SSSR count). The van der Waals surface area contributed by atoms with Crippen LogP contribution in [-0.2, 0) is 0 Å². The van der Waals surface area contributed by atoms with E-state index in [9.17, 15) is 19.3 Å². The molecule has 0 fully saturated rings. The summed E-state index contributed by atoms with van der Waals surface area (Å²) in [7, 11) is 0. The van der Waals surface area contributed by atoms with Gasteiger partial charge in [-0.05, 0) is 42.8 Å². The van der Waals surface area contributed by atoms with Gasteiger partial charge in [-0.25, -0.2) is 9.18 Å². The Bertz CT molecular complexity index is 731. The standard InChI is InChI=1S/C14H11FN2O4/c1-8-7-9(15)5-6-11(8)16-12-4-2-3-10(14(18)19)13(12)17(20)21/h2-7,16H,1H3,(H,18,19). The molecule has 0 aromatic heterocycles. The van der Waals surface area contributed by atoms with Crippen molar-refractivity contribution in [2.75, 3.05) is 5.32 Å². The number of carboxylic acids is 1. The number of rotatable bonds is 4. The van der Waals surface area contributed by atoms with E-state index in [-0.39, 0.29) is 5.69 Å². The predicted octanol–water partition coefficient (Wildman–Crippen LogP) is 3.48. The molecule has 0 saturated heterocycles. The van der Waals surface area contributed by atoms with Crippen LogP contribution in [0.4, 0.5) is 21.5 Å². The number of nitro benzene ring substituents is 1. The number of carboxylic acid groups (broad SMARTS) is 1. The van der Waals surface area contributed by atoms with Crippen LogP contribution in [-0.4, -0.2) is 16.0 Å². The molecule has 0 aliphatic carbocycles. The minimum absolute atomic E-state index is 0.0367. The van der Waals surface area contributed by atoms with Crippen molar-refractivity contribution in [2.24, 2.45) is 0 Å². The number of halogens is 1. The number of anilines is 2. The number of para-hydroxylation sites is 1. The molecule has 0 spiro atoms. The van der Waals surface area contributed by atoms with E-state index in [1.54, 1.807) is 6.92 Å². The Morgan fingerprint density at radius 2 is 2.00 bits per heavy atom. The highest BCUT2D eigenvalue weighted by molar-refractivity contribution is 5.96. The third-order valence-electron chi connectivity index (χ3n) is 2.91. The Balaban J connectivity index is 2.51. The molecule has 0 radical (unpaired) electrons. The molecule has 0 aliphatic rings. The number of hydrogen-bond donors (Lipinski definition) is 2.